The zero-order chi connectivity index (χ0) is 27.5. The first kappa shape index (κ1) is 27.6. The van der Waals surface area contributed by atoms with E-state index in [1.165, 1.54) is 33.5 Å². The maximum Gasteiger partial charge on any atom is 0.419 e. The van der Waals surface area contributed by atoms with Crippen molar-refractivity contribution in [3.63, 3.8) is 0 Å². The summed E-state index contributed by atoms with van der Waals surface area (Å²) in [6.07, 6.45) is -2.57. The molecule has 1 unspecified atom stereocenters. The third kappa shape index (κ3) is 6.32. The van der Waals surface area contributed by atoms with Gasteiger partial charge in [0.25, 0.3) is 5.66 Å². The molecule has 1 saturated heterocycles. The van der Waals surface area contributed by atoms with Crippen molar-refractivity contribution < 1.29 is 36.4 Å². The number of aromatic nitrogens is 2. The van der Waals surface area contributed by atoms with Crippen molar-refractivity contribution in [2.24, 2.45) is 10.9 Å². The van der Waals surface area contributed by atoms with E-state index in [9.17, 15) is 22.0 Å². The normalized spacial score (nSPS) is 16.7. The number of halogens is 5. The smallest absolute Gasteiger partial charge is 0.419 e. The first-order valence-electron chi connectivity index (χ1n) is 11.7. The lowest BCUT2D eigenvalue weighted by Crippen LogP contribution is -2.36. The van der Waals surface area contributed by atoms with Crippen LogP contribution >= 0.6 is 9.24 Å². The molecule has 0 amide bonds. The van der Waals surface area contributed by atoms with Gasteiger partial charge in [0, 0.05) is 17.7 Å². The minimum atomic E-state index is -4.70. The van der Waals surface area contributed by atoms with Gasteiger partial charge >= 0.3 is 6.18 Å². The molecule has 1 aromatic heterocycles. The number of nitrogens with two attached hydrogens (primary N) is 1. The van der Waals surface area contributed by atoms with Crippen LogP contribution in [-0.2, 0) is 18.3 Å². The Kier molecular flexibility index (Phi) is 8.05. The minimum Gasteiger partial charge on any atom is -0.493 e. The number of nitrogens with zero attached hydrogens (tertiary/aromatic N) is 4. The summed E-state index contributed by atoms with van der Waals surface area (Å²) in [7, 11) is 1.47. The Morgan fingerprint density at radius 1 is 1.18 bits per heavy atom. The summed E-state index contributed by atoms with van der Waals surface area (Å²) in [5.41, 5.74) is 2.37. The van der Waals surface area contributed by atoms with Crippen molar-refractivity contribution in [2.75, 3.05) is 13.2 Å². The monoisotopic (exact) mass is 557 g/mol. The van der Waals surface area contributed by atoms with Crippen molar-refractivity contribution in [3.05, 3.63) is 65.0 Å². The van der Waals surface area contributed by atoms with E-state index in [1.807, 2.05) is 0 Å². The minimum absolute atomic E-state index is 0.0122. The maximum atomic E-state index is 13.8. The van der Waals surface area contributed by atoms with E-state index in [2.05, 4.69) is 15.3 Å². The van der Waals surface area contributed by atoms with Gasteiger partial charge < -0.3 is 25.1 Å². The van der Waals surface area contributed by atoms with E-state index in [0.717, 1.165) is 18.1 Å². The Morgan fingerprint density at radius 3 is 2.58 bits per heavy atom. The number of benzene rings is 2. The lowest BCUT2D eigenvalue weighted by atomic mass is 10.1. The van der Waals surface area contributed by atoms with Crippen LogP contribution in [0.4, 0.5) is 22.0 Å². The zero-order valence-corrected chi connectivity index (χ0v) is 21.1. The third-order valence-corrected chi connectivity index (χ3v) is 6.46. The lowest BCUT2D eigenvalue weighted by Gasteiger charge is -2.21. The molecule has 204 valence electrons. The molecule has 1 aliphatic rings. The number of alkyl halides is 5. The molecule has 14 heteroatoms. The quantitative estimate of drug-likeness (QED) is 0.0713. The number of hydrogen-bond donors (Lipinski definition) is 2. The molecule has 0 radical (unpaired) electrons. The van der Waals surface area contributed by atoms with Gasteiger partial charge in [-0.05, 0) is 49.4 Å². The second-order valence-electron chi connectivity index (χ2n) is 8.75. The number of hydrogen-bond acceptors (Lipinski definition) is 6. The Balaban J connectivity index is 1.44. The number of likely N-dealkylation sites (tertiary alicyclic amines) is 1. The molecule has 0 aliphatic carbocycles. The molecular weight excluding hydrogens is 532 g/mol. The summed E-state index contributed by atoms with van der Waals surface area (Å²) in [5.74, 6) is -0.362. The molecular formula is C24H25F5N5O3P. The van der Waals surface area contributed by atoms with Crippen molar-refractivity contribution in [2.45, 2.75) is 43.6 Å². The summed E-state index contributed by atoms with van der Waals surface area (Å²) in [6.45, 7) is 0.489. The maximum absolute atomic E-state index is 13.8. The SMILES string of the molecule is N/C(=N\O)N1CCC[C@H]1c1nc(-c2ccc(OCCCc3ccc(C(F)(F)P)cc3)c(C(F)(F)F)c2)no1. The Morgan fingerprint density at radius 2 is 1.92 bits per heavy atom. The van der Waals surface area contributed by atoms with Crippen LogP contribution in [0.3, 0.4) is 0 Å². The Bertz CT molecular complexity index is 1280. The third-order valence-electron chi connectivity index (χ3n) is 6.13. The first-order valence-corrected chi connectivity index (χ1v) is 12.2. The molecule has 38 heavy (non-hydrogen) atoms. The predicted molar refractivity (Wildman–Crippen MR) is 131 cm³/mol. The van der Waals surface area contributed by atoms with E-state index in [0.29, 0.717) is 25.8 Å². The molecule has 8 nitrogen and oxygen atoms in total. The van der Waals surface area contributed by atoms with Gasteiger partial charge in [-0.15, -0.1) is 0 Å². The van der Waals surface area contributed by atoms with Gasteiger partial charge in [-0.1, -0.05) is 43.8 Å². The second-order valence-corrected chi connectivity index (χ2v) is 9.47. The molecule has 0 spiro atoms. The largest absolute Gasteiger partial charge is 0.493 e. The van der Waals surface area contributed by atoms with E-state index in [4.69, 9.17) is 20.2 Å². The van der Waals surface area contributed by atoms with Crippen LogP contribution in [-0.4, -0.2) is 39.4 Å². The highest BCUT2D eigenvalue weighted by Crippen LogP contribution is 2.39. The number of ether oxygens (including phenoxy) is 1. The van der Waals surface area contributed by atoms with Gasteiger partial charge in [0.2, 0.25) is 17.7 Å². The van der Waals surface area contributed by atoms with Gasteiger partial charge in [0.05, 0.1) is 12.2 Å². The van der Waals surface area contributed by atoms with Crippen LogP contribution in [0.25, 0.3) is 11.4 Å². The van der Waals surface area contributed by atoms with Crippen molar-refractivity contribution in [1.29, 1.82) is 0 Å². The summed E-state index contributed by atoms with van der Waals surface area (Å²) >= 11 is 0. The summed E-state index contributed by atoms with van der Waals surface area (Å²) in [4.78, 5) is 5.82. The lowest BCUT2D eigenvalue weighted by molar-refractivity contribution is -0.138. The van der Waals surface area contributed by atoms with Gasteiger partial charge in [0.15, 0.2) is 0 Å². The highest BCUT2D eigenvalue weighted by Gasteiger charge is 2.36. The van der Waals surface area contributed by atoms with Crippen molar-refractivity contribution in [1.82, 2.24) is 15.0 Å². The fraction of sp³-hybridized carbons (Fsp3) is 0.375. The van der Waals surface area contributed by atoms with E-state index >= 15 is 0 Å². The first-order chi connectivity index (χ1) is 18.0. The van der Waals surface area contributed by atoms with Crippen molar-refractivity contribution >= 4 is 15.2 Å². The number of rotatable bonds is 8. The van der Waals surface area contributed by atoms with Crippen LogP contribution in [0.2, 0.25) is 0 Å². The van der Waals surface area contributed by atoms with Crippen LogP contribution < -0.4 is 10.5 Å². The molecule has 2 heterocycles. The number of aryl methyl sites for hydroxylation is 1. The van der Waals surface area contributed by atoms with Crippen molar-refractivity contribution in [3.8, 4) is 17.1 Å². The predicted octanol–water partition coefficient (Wildman–Crippen LogP) is 5.53. The fourth-order valence-electron chi connectivity index (χ4n) is 4.21. The van der Waals surface area contributed by atoms with Crippen LogP contribution in [0.1, 0.15) is 47.9 Å². The number of oxime groups is 1. The number of guanidine groups is 1. The topological polar surface area (TPSA) is 110 Å². The molecule has 2 aromatic carbocycles. The van der Waals surface area contributed by atoms with Crippen LogP contribution in [0, 0.1) is 0 Å². The standard InChI is InChI=1S/C24H25F5N5O3P/c25-23(26,27)17-13-15(20-31-21(37-33-20)18-4-1-11-34(18)22(30)32-35)7-10-19(17)36-12-2-3-14-5-8-16(9-6-14)24(28,29)38/h5-10,13,18,35H,1-4,11-12,38H2,(H2,30,32)/t18-/m0/s1. The molecule has 0 saturated carbocycles. The summed E-state index contributed by atoms with van der Waals surface area (Å²) in [6, 6.07) is 8.76. The van der Waals surface area contributed by atoms with Gasteiger partial charge in [-0.3, -0.25) is 0 Å². The molecule has 3 N–H and O–H groups in total. The molecule has 2 atom stereocenters. The zero-order valence-electron chi connectivity index (χ0n) is 20.0. The summed E-state index contributed by atoms with van der Waals surface area (Å²) < 4.78 is 78.8. The highest BCUT2D eigenvalue weighted by molar-refractivity contribution is 7.17. The van der Waals surface area contributed by atoms with E-state index in [1.54, 1.807) is 17.0 Å². The molecule has 1 fully saturated rings. The van der Waals surface area contributed by atoms with E-state index in [-0.39, 0.29) is 41.2 Å². The molecule has 0 bridgehead atoms. The second kappa shape index (κ2) is 11.1. The average molecular weight is 557 g/mol. The van der Waals surface area contributed by atoms with Crippen LogP contribution in [0.15, 0.2) is 52.1 Å². The molecule has 3 aromatic rings. The molecule has 4 rings (SSSR count). The van der Waals surface area contributed by atoms with Gasteiger partial charge in [-0.2, -0.15) is 26.9 Å². The molecule has 1 aliphatic heterocycles. The average Bonchev–Trinajstić information content (AvgIpc) is 3.55. The van der Waals surface area contributed by atoms with Gasteiger partial charge in [-0.25, -0.2) is 0 Å². The highest BCUT2D eigenvalue weighted by atomic mass is 31.0. The Hall–Kier alpha value is -3.47. The Labute approximate surface area is 216 Å². The van der Waals surface area contributed by atoms with Crippen LogP contribution in [0.5, 0.6) is 5.75 Å². The van der Waals surface area contributed by atoms with E-state index < -0.39 is 23.4 Å². The fourth-order valence-corrected chi connectivity index (χ4v) is 4.40. The summed E-state index contributed by atoms with van der Waals surface area (Å²) in [5, 5.41) is 15.8. The van der Waals surface area contributed by atoms with Gasteiger partial charge in [0.1, 0.15) is 11.8 Å².